The van der Waals surface area contributed by atoms with Crippen molar-refractivity contribution in [2.75, 3.05) is 18.5 Å². The molecular weight excluding hydrogens is 243 g/mol. The minimum Gasteiger partial charge on any atom is -0.382 e. The molecule has 0 atom stereocenters. The molecule has 1 saturated carbocycles. The Morgan fingerprint density at radius 3 is 2.41 bits per heavy atom. The van der Waals surface area contributed by atoms with Crippen LogP contribution in [0.4, 0.5) is 10.1 Å². The number of sulfonamides is 1. The summed E-state index contributed by atoms with van der Waals surface area (Å²) in [5, 5.41) is 2.84. The molecule has 2 N–H and O–H groups in total. The van der Waals surface area contributed by atoms with Crippen LogP contribution in [0, 0.1) is 0 Å². The molecular formula is C11H15FN2O2S. The minimum atomic E-state index is -3.39. The van der Waals surface area contributed by atoms with Crippen LogP contribution in [0.1, 0.15) is 12.8 Å². The molecule has 0 unspecified atom stereocenters. The van der Waals surface area contributed by atoms with Crippen molar-refractivity contribution < 1.29 is 12.8 Å². The molecule has 1 aromatic rings. The monoisotopic (exact) mass is 258 g/mol. The van der Waals surface area contributed by atoms with Gasteiger partial charge in [-0.3, -0.25) is 0 Å². The second-order valence-electron chi connectivity index (χ2n) is 4.04. The minimum absolute atomic E-state index is 0.101. The van der Waals surface area contributed by atoms with Crippen molar-refractivity contribution in [2.24, 2.45) is 0 Å². The van der Waals surface area contributed by atoms with Gasteiger partial charge in [0.15, 0.2) is 0 Å². The van der Waals surface area contributed by atoms with Crippen molar-refractivity contribution in [1.82, 2.24) is 4.72 Å². The number of anilines is 1. The maximum atomic E-state index is 11.9. The molecule has 0 aliphatic heterocycles. The maximum Gasteiger partial charge on any atom is 0.240 e. The second-order valence-corrected chi connectivity index (χ2v) is 5.75. The van der Waals surface area contributed by atoms with Crippen LogP contribution in [0.2, 0.25) is 0 Å². The van der Waals surface area contributed by atoms with Crippen LogP contribution in [0.5, 0.6) is 0 Å². The number of hydrogen-bond acceptors (Lipinski definition) is 3. The van der Waals surface area contributed by atoms with Gasteiger partial charge in [0.2, 0.25) is 10.0 Å². The molecule has 17 heavy (non-hydrogen) atoms. The Bertz CT molecular complexity index is 469. The maximum absolute atomic E-state index is 11.9. The highest BCUT2D eigenvalue weighted by Gasteiger charge is 2.27. The normalized spacial score (nSPS) is 15.8. The van der Waals surface area contributed by atoms with Crippen LogP contribution < -0.4 is 10.0 Å². The van der Waals surface area contributed by atoms with Crippen molar-refractivity contribution in [1.29, 1.82) is 0 Å². The molecule has 0 saturated heterocycles. The molecule has 0 amide bonds. The number of alkyl halides is 1. The summed E-state index contributed by atoms with van der Waals surface area (Å²) in [6.07, 6.45) is 1.82. The second kappa shape index (κ2) is 5.01. The van der Waals surface area contributed by atoms with Gasteiger partial charge in [-0.1, -0.05) is 0 Å². The van der Waals surface area contributed by atoms with Gasteiger partial charge in [0.05, 0.1) is 4.90 Å². The fraction of sp³-hybridized carbons (Fsp3) is 0.455. The van der Waals surface area contributed by atoms with E-state index in [0.717, 1.165) is 12.8 Å². The standard InChI is InChI=1S/C11H15FN2O2S/c12-7-8-13-9-3-5-11(6-4-9)17(15,16)14-10-1-2-10/h3-6,10,13-14H,1-2,7-8H2. The first kappa shape index (κ1) is 12.3. The van der Waals surface area contributed by atoms with E-state index in [1.807, 2.05) is 0 Å². The molecule has 1 aliphatic carbocycles. The summed E-state index contributed by atoms with van der Waals surface area (Å²) in [6, 6.07) is 6.41. The van der Waals surface area contributed by atoms with Gasteiger partial charge >= 0.3 is 0 Å². The molecule has 0 radical (unpaired) electrons. The van der Waals surface area contributed by atoms with E-state index in [-0.39, 0.29) is 17.5 Å². The fourth-order valence-electron chi connectivity index (χ4n) is 1.43. The largest absolute Gasteiger partial charge is 0.382 e. The van der Waals surface area contributed by atoms with Gasteiger partial charge in [0, 0.05) is 18.3 Å². The zero-order valence-corrected chi connectivity index (χ0v) is 10.1. The van der Waals surface area contributed by atoms with Crippen molar-refractivity contribution in [3.05, 3.63) is 24.3 Å². The first-order chi connectivity index (χ1) is 8.12. The summed E-state index contributed by atoms with van der Waals surface area (Å²) in [6.45, 7) is -0.226. The quantitative estimate of drug-likeness (QED) is 0.813. The van der Waals surface area contributed by atoms with Gasteiger partial charge in [0.1, 0.15) is 6.67 Å². The Morgan fingerprint density at radius 2 is 1.88 bits per heavy atom. The lowest BCUT2D eigenvalue weighted by atomic mass is 10.3. The van der Waals surface area contributed by atoms with Gasteiger partial charge in [-0.15, -0.1) is 0 Å². The van der Waals surface area contributed by atoms with Gasteiger partial charge in [-0.2, -0.15) is 0 Å². The highest BCUT2D eigenvalue weighted by molar-refractivity contribution is 7.89. The molecule has 2 rings (SSSR count). The third-order valence-corrected chi connectivity index (χ3v) is 4.02. The third-order valence-electron chi connectivity index (χ3n) is 2.49. The van der Waals surface area contributed by atoms with Gasteiger partial charge < -0.3 is 5.32 Å². The Hall–Kier alpha value is -1.14. The summed E-state index contributed by atoms with van der Waals surface area (Å²) in [5.41, 5.74) is 0.716. The van der Waals surface area contributed by atoms with E-state index in [0.29, 0.717) is 5.69 Å². The molecule has 0 spiro atoms. The van der Waals surface area contributed by atoms with Gasteiger partial charge in [-0.25, -0.2) is 17.5 Å². The number of nitrogens with one attached hydrogen (secondary N) is 2. The van der Waals surface area contributed by atoms with E-state index in [1.165, 1.54) is 12.1 Å². The Kier molecular flexibility index (Phi) is 3.63. The first-order valence-electron chi connectivity index (χ1n) is 5.54. The predicted octanol–water partition coefficient (Wildman–Crippen LogP) is 1.51. The average molecular weight is 258 g/mol. The Balaban J connectivity index is 2.05. The SMILES string of the molecule is O=S(=O)(NC1CC1)c1ccc(NCCF)cc1. The van der Waals surface area contributed by atoms with Crippen LogP contribution in [-0.4, -0.2) is 27.7 Å². The summed E-state index contributed by atoms with van der Waals surface area (Å²) in [7, 11) is -3.39. The Labute approximate surface area is 100 Å². The fourth-order valence-corrected chi connectivity index (χ4v) is 2.74. The van der Waals surface area contributed by atoms with Crippen molar-refractivity contribution in [2.45, 2.75) is 23.8 Å². The smallest absolute Gasteiger partial charge is 0.240 e. The molecule has 0 aromatic heterocycles. The van der Waals surface area contributed by atoms with E-state index in [4.69, 9.17) is 0 Å². The topological polar surface area (TPSA) is 58.2 Å². The lowest BCUT2D eigenvalue weighted by Crippen LogP contribution is -2.25. The number of benzene rings is 1. The van der Waals surface area contributed by atoms with Crippen molar-refractivity contribution in [3.63, 3.8) is 0 Å². The van der Waals surface area contributed by atoms with Crippen LogP contribution in [0.25, 0.3) is 0 Å². The highest BCUT2D eigenvalue weighted by Crippen LogP contribution is 2.22. The predicted molar refractivity (Wildman–Crippen MR) is 64.3 cm³/mol. The number of rotatable bonds is 6. The summed E-state index contributed by atoms with van der Waals surface area (Å²) in [4.78, 5) is 0.246. The number of halogens is 1. The van der Waals surface area contributed by atoms with Crippen molar-refractivity contribution in [3.8, 4) is 0 Å². The van der Waals surface area contributed by atoms with Crippen LogP contribution >= 0.6 is 0 Å². The van der Waals surface area contributed by atoms with Gasteiger partial charge in [-0.05, 0) is 37.1 Å². The average Bonchev–Trinajstić information content (AvgIpc) is 3.10. The summed E-state index contributed by atoms with van der Waals surface area (Å²) >= 11 is 0. The third kappa shape index (κ3) is 3.41. The molecule has 1 aliphatic rings. The highest BCUT2D eigenvalue weighted by atomic mass is 32.2. The van der Waals surface area contributed by atoms with Crippen LogP contribution in [0.3, 0.4) is 0 Å². The molecule has 1 fully saturated rings. The van der Waals surface area contributed by atoms with E-state index in [2.05, 4.69) is 10.0 Å². The van der Waals surface area contributed by atoms with Gasteiger partial charge in [0.25, 0.3) is 0 Å². The van der Waals surface area contributed by atoms with Crippen molar-refractivity contribution >= 4 is 15.7 Å². The number of hydrogen-bond donors (Lipinski definition) is 2. The summed E-state index contributed by atoms with van der Waals surface area (Å²) in [5.74, 6) is 0. The molecule has 0 bridgehead atoms. The zero-order chi connectivity index (χ0) is 12.3. The zero-order valence-electron chi connectivity index (χ0n) is 9.32. The first-order valence-corrected chi connectivity index (χ1v) is 7.02. The van der Waals surface area contributed by atoms with Crippen LogP contribution in [-0.2, 0) is 10.0 Å². The molecule has 0 heterocycles. The molecule has 6 heteroatoms. The Morgan fingerprint density at radius 1 is 1.24 bits per heavy atom. The lowest BCUT2D eigenvalue weighted by molar-refractivity contribution is 0.513. The van der Waals surface area contributed by atoms with E-state index in [9.17, 15) is 12.8 Å². The van der Waals surface area contributed by atoms with E-state index < -0.39 is 16.7 Å². The molecule has 1 aromatic carbocycles. The van der Waals surface area contributed by atoms with Crippen LogP contribution in [0.15, 0.2) is 29.2 Å². The molecule has 4 nitrogen and oxygen atoms in total. The van der Waals surface area contributed by atoms with E-state index >= 15 is 0 Å². The molecule has 94 valence electrons. The van der Waals surface area contributed by atoms with E-state index in [1.54, 1.807) is 12.1 Å². The lowest BCUT2D eigenvalue weighted by Gasteiger charge is -2.07. The summed E-state index contributed by atoms with van der Waals surface area (Å²) < 4.78 is 38.2.